The van der Waals surface area contributed by atoms with Crippen LogP contribution in [0.1, 0.15) is 11.4 Å². The Kier molecular flexibility index (Phi) is 2.29. The molecule has 6 heteroatoms. The van der Waals surface area contributed by atoms with Crippen molar-refractivity contribution in [2.75, 3.05) is 5.73 Å². The molecule has 0 aliphatic carbocycles. The van der Waals surface area contributed by atoms with Crippen molar-refractivity contribution in [1.29, 1.82) is 0 Å². The third kappa shape index (κ3) is 1.54. The summed E-state index contributed by atoms with van der Waals surface area (Å²) in [7, 11) is 1.91. The number of hydrogen-bond donors (Lipinski definition) is 1. The van der Waals surface area contributed by atoms with Crippen molar-refractivity contribution in [1.82, 2.24) is 24.3 Å². The van der Waals surface area contributed by atoms with Crippen LogP contribution >= 0.6 is 0 Å². The molecule has 6 nitrogen and oxygen atoms in total. The second-order valence-corrected chi connectivity index (χ2v) is 4.36. The molecule has 0 saturated carbocycles. The van der Waals surface area contributed by atoms with E-state index >= 15 is 0 Å². The van der Waals surface area contributed by atoms with Crippen molar-refractivity contribution in [3.63, 3.8) is 0 Å². The van der Waals surface area contributed by atoms with Crippen molar-refractivity contribution in [2.45, 2.75) is 13.5 Å². The van der Waals surface area contributed by atoms with Crippen LogP contribution < -0.4 is 5.73 Å². The maximum Gasteiger partial charge on any atom is 0.201 e. The van der Waals surface area contributed by atoms with Gasteiger partial charge in [0.15, 0.2) is 5.82 Å². The fourth-order valence-electron chi connectivity index (χ4n) is 2.06. The van der Waals surface area contributed by atoms with Gasteiger partial charge in [0.05, 0.1) is 17.6 Å². The number of aromatic nitrogens is 5. The molecule has 2 heterocycles. The summed E-state index contributed by atoms with van der Waals surface area (Å²) in [6.07, 6.45) is 1.68. The maximum absolute atomic E-state index is 5.98. The molecule has 1 aromatic carbocycles. The maximum atomic E-state index is 5.98. The lowest BCUT2D eigenvalue weighted by Gasteiger charge is -2.05. The molecule has 18 heavy (non-hydrogen) atoms. The third-order valence-electron chi connectivity index (χ3n) is 3.11. The minimum absolute atomic E-state index is 0.502. The average molecular weight is 242 g/mol. The van der Waals surface area contributed by atoms with E-state index in [1.54, 1.807) is 6.33 Å². The van der Waals surface area contributed by atoms with Crippen molar-refractivity contribution in [3.05, 3.63) is 35.9 Å². The van der Waals surface area contributed by atoms with Crippen LogP contribution in [0.3, 0.4) is 0 Å². The molecule has 0 unspecified atom stereocenters. The number of nitrogens with two attached hydrogens (primary N) is 1. The first-order chi connectivity index (χ1) is 8.66. The van der Waals surface area contributed by atoms with E-state index in [0.29, 0.717) is 12.5 Å². The first-order valence-electron chi connectivity index (χ1n) is 5.71. The quantitative estimate of drug-likeness (QED) is 0.730. The molecule has 0 fully saturated rings. The Bertz CT molecular complexity index is 709. The Morgan fingerprint density at radius 2 is 2.17 bits per heavy atom. The van der Waals surface area contributed by atoms with Gasteiger partial charge >= 0.3 is 0 Å². The van der Waals surface area contributed by atoms with Gasteiger partial charge in [-0.2, -0.15) is 0 Å². The Balaban J connectivity index is 2.15. The first-order valence-corrected chi connectivity index (χ1v) is 5.71. The van der Waals surface area contributed by atoms with Crippen LogP contribution in [-0.4, -0.2) is 24.3 Å². The molecule has 0 aliphatic heterocycles. The van der Waals surface area contributed by atoms with Gasteiger partial charge in [0.25, 0.3) is 0 Å². The third-order valence-corrected chi connectivity index (χ3v) is 3.11. The molecule has 92 valence electrons. The lowest BCUT2D eigenvalue weighted by molar-refractivity contribution is 0.718. The zero-order valence-electron chi connectivity index (χ0n) is 10.3. The van der Waals surface area contributed by atoms with Gasteiger partial charge in [-0.3, -0.25) is 0 Å². The molecule has 3 aromatic rings. The summed E-state index contributed by atoms with van der Waals surface area (Å²) >= 11 is 0. The number of anilines is 1. The van der Waals surface area contributed by atoms with Gasteiger partial charge < -0.3 is 14.9 Å². The smallest absolute Gasteiger partial charge is 0.201 e. The van der Waals surface area contributed by atoms with Crippen LogP contribution in [0, 0.1) is 6.92 Å². The molecule has 0 atom stereocenters. The molecule has 0 radical (unpaired) electrons. The fraction of sp³-hybridized carbons (Fsp3) is 0.250. The molecule has 0 amide bonds. The van der Waals surface area contributed by atoms with Gasteiger partial charge in [0.2, 0.25) is 5.95 Å². The molecule has 3 rings (SSSR count). The standard InChI is InChI=1S/C12H14N6/c1-8-4-3-5-9-11(8)15-12(13)18(9)6-10-16-14-7-17(10)2/h3-5,7H,6H2,1-2H3,(H2,13,15). The highest BCUT2D eigenvalue weighted by atomic mass is 15.3. The number of nitrogens with zero attached hydrogens (tertiary/aromatic N) is 5. The normalized spacial score (nSPS) is 11.2. The molecule has 2 N–H and O–H groups in total. The van der Waals surface area contributed by atoms with Crippen molar-refractivity contribution in [2.24, 2.45) is 7.05 Å². The summed E-state index contributed by atoms with van der Waals surface area (Å²) in [5.74, 6) is 1.35. The summed E-state index contributed by atoms with van der Waals surface area (Å²) < 4.78 is 3.83. The predicted octanol–water partition coefficient (Wildman–Crippen LogP) is 1.10. The second-order valence-electron chi connectivity index (χ2n) is 4.36. The van der Waals surface area contributed by atoms with Crippen LogP contribution in [0.2, 0.25) is 0 Å². The molecule has 2 aromatic heterocycles. The summed E-state index contributed by atoms with van der Waals surface area (Å²) in [6.45, 7) is 2.60. The van der Waals surface area contributed by atoms with Gasteiger partial charge in [-0.05, 0) is 18.6 Å². The number of para-hydroxylation sites is 1. The van der Waals surface area contributed by atoms with E-state index in [0.717, 1.165) is 22.4 Å². The topological polar surface area (TPSA) is 74.6 Å². The Morgan fingerprint density at radius 1 is 1.33 bits per heavy atom. The highest BCUT2D eigenvalue weighted by molar-refractivity contribution is 5.81. The number of hydrogen-bond acceptors (Lipinski definition) is 4. The monoisotopic (exact) mass is 242 g/mol. The number of imidazole rings is 1. The van der Waals surface area contributed by atoms with Crippen molar-refractivity contribution in [3.8, 4) is 0 Å². The second kappa shape index (κ2) is 3.83. The van der Waals surface area contributed by atoms with E-state index in [2.05, 4.69) is 15.2 Å². The van der Waals surface area contributed by atoms with Gasteiger partial charge in [0.1, 0.15) is 6.33 Å². The van der Waals surface area contributed by atoms with Crippen LogP contribution in [0.15, 0.2) is 24.5 Å². The van der Waals surface area contributed by atoms with E-state index in [1.807, 2.05) is 41.3 Å². The Hall–Kier alpha value is -2.37. The summed E-state index contributed by atoms with van der Waals surface area (Å²) in [6, 6.07) is 6.05. The average Bonchev–Trinajstić information content (AvgIpc) is 2.87. The van der Waals surface area contributed by atoms with E-state index in [1.165, 1.54) is 0 Å². The van der Waals surface area contributed by atoms with Crippen LogP contribution in [-0.2, 0) is 13.6 Å². The summed E-state index contributed by atoms with van der Waals surface area (Å²) in [5.41, 5.74) is 9.07. The number of aryl methyl sites for hydroxylation is 2. The Morgan fingerprint density at radius 3 is 2.89 bits per heavy atom. The molecule has 0 spiro atoms. The zero-order chi connectivity index (χ0) is 12.7. The molecule has 0 aliphatic rings. The van der Waals surface area contributed by atoms with Crippen LogP contribution in [0.25, 0.3) is 11.0 Å². The molecule has 0 saturated heterocycles. The fourth-order valence-corrected chi connectivity index (χ4v) is 2.06. The van der Waals surface area contributed by atoms with Crippen molar-refractivity contribution < 1.29 is 0 Å². The van der Waals surface area contributed by atoms with Gasteiger partial charge in [-0.15, -0.1) is 10.2 Å². The van der Waals surface area contributed by atoms with E-state index in [4.69, 9.17) is 5.73 Å². The number of rotatable bonds is 2. The predicted molar refractivity (Wildman–Crippen MR) is 69.0 cm³/mol. The highest BCUT2D eigenvalue weighted by Crippen LogP contribution is 2.21. The van der Waals surface area contributed by atoms with Crippen molar-refractivity contribution >= 4 is 17.0 Å². The minimum Gasteiger partial charge on any atom is -0.369 e. The zero-order valence-corrected chi connectivity index (χ0v) is 10.3. The summed E-state index contributed by atoms with van der Waals surface area (Å²) in [5, 5.41) is 7.94. The number of fused-ring (bicyclic) bond motifs is 1. The van der Waals surface area contributed by atoms with E-state index in [9.17, 15) is 0 Å². The molecule has 0 bridgehead atoms. The highest BCUT2D eigenvalue weighted by Gasteiger charge is 2.11. The first kappa shape index (κ1) is 10.8. The molecular formula is C12H14N6. The van der Waals surface area contributed by atoms with E-state index in [-0.39, 0.29) is 0 Å². The largest absolute Gasteiger partial charge is 0.369 e. The van der Waals surface area contributed by atoms with Crippen LogP contribution in [0.4, 0.5) is 5.95 Å². The van der Waals surface area contributed by atoms with Gasteiger partial charge in [0, 0.05) is 7.05 Å². The van der Waals surface area contributed by atoms with Crippen LogP contribution in [0.5, 0.6) is 0 Å². The van der Waals surface area contributed by atoms with Gasteiger partial charge in [-0.1, -0.05) is 12.1 Å². The molecular weight excluding hydrogens is 228 g/mol. The summed E-state index contributed by atoms with van der Waals surface area (Å²) in [4.78, 5) is 4.41. The van der Waals surface area contributed by atoms with E-state index < -0.39 is 0 Å². The lowest BCUT2D eigenvalue weighted by atomic mass is 10.2. The minimum atomic E-state index is 0.502. The lowest BCUT2D eigenvalue weighted by Crippen LogP contribution is -2.08. The Labute approximate surface area is 104 Å². The number of nitrogen functional groups attached to an aromatic ring is 1. The SMILES string of the molecule is Cc1cccc2c1nc(N)n2Cc1nncn1C. The van der Waals surface area contributed by atoms with Gasteiger partial charge in [-0.25, -0.2) is 4.98 Å². The number of benzene rings is 1.